The molecule has 2 aliphatic rings. The molecule has 1 aliphatic heterocycles. The fourth-order valence-corrected chi connectivity index (χ4v) is 6.82. The number of alkyl halides is 6. The summed E-state index contributed by atoms with van der Waals surface area (Å²) < 4.78 is 131. The first-order chi connectivity index (χ1) is 19.0. The molecule has 0 spiro atoms. The molecule has 41 heavy (non-hydrogen) atoms. The summed E-state index contributed by atoms with van der Waals surface area (Å²) in [4.78, 5) is 13.3. The summed E-state index contributed by atoms with van der Waals surface area (Å²) in [6.07, 6.45) is -10.3. The molecular weight excluding hydrogens is 583 g/mol. The van der Waals surface area contributed by atoms with Gasteiger partial charge in [0, 0.05) is 43.3 Å². The van der Waals surface area contributed by atoms with E-state index in [0.717, 1.165) is 12.1 Å². The van der Waals surface area contributed by atoms with E-state index in [4.69, 9.17) is 4.74 Å². The summed E-state index contributed by atoms with van der Waals surface area (Å²) in [7, 11) is -4.86. The second-order valence-corrected chi connectivity index (χ2v) is 12.6. The summed E-state index contributed by atoms with van der Waals surface area (Å²) in [5.41, 5.74) is -5.03. The predicted molar refractivity (Wildman–Crippen MR) is 133 cm³/mol. The van der Waals surface area contributed by atoms with E-state index in [0.29, 0.717) is 18.7 Å². The molecule has 7 nitrogen and oxygen atoms in total. The van der Waals surface area contributed by atoms with E-state index in [1.807, 2.05) is 13.8 Å². The molecule has 1 saturated carbocycles. The Labute approximate surface area is 232 Å². The molecule has 0 bridgehead atoms. The third-order valence-electron chi connectivity index (χ3n) is 6.74. The Hall–Kier alpha value is -3.10. The topological polar surface area (TPSA) is 81.5 Å². The predicted octanol–water partition coefficient (Wildman–Crippen LogP) is 5.97. The average molecular weight is 612 g/mol. The van der Waals surface area contributed by atoms with Crippen molar-refractivity contribution in [3.63, 3.8) is 0 Å². The highest BCUT2D eigenvalue weighted by Gasteiger charge is 2.68. The van der Waals surface area contributed by atoms with Gasteiger partial charge in [-0.2, -0.15) is 31.4 Å². The molecule has 1 amide bonds. The van der Waals surface area contributed by atoms with Crippen LogP contribution in [0.25, 0.3) is 5.57 Å². The summed E-state index contributed by atoms with van der Waals surface area (Å²) >= 11 is 0. The lowest BCUT2D eigenvalue weighted by Crippen LogP contribution is -2.62. The van der Waals surface area contributed by atoms with Gasteiger partial charge in [0.25, 0.3) is 5.91 Å². The molecule has 1 aliphatic carbocycles. The van der Waals surface area contributed by atoms with Gasteiger partial charge in [0.2, 0.25) is 10.0 Å². The summed E-state index contributed by atoms with van der Waals surface area (Å²) in [6, 6.07) is 3.49. The van der Waals surface area contributed by atoms with Gasteiger partial charge < -0.3 is 4.74 Å². The highest BCUT2D eigenvalue weighted by molar-refractivity contribution is 7.90. The quantitative estimate of drug-likeness (QED) is 0.245. The van der Waals surface area contributed by atoms with E-state index in [1.165, 1.54) is 16.9 Å². The number of aromatic nitrogens is 2. The van der Waals surface area contributed by atoms with Crippen molar-refractivity contribution >= 4 is 21.5 Å². The molecule has 0 radical (unpaired) electrons. The van der Waals surface area contributed by atoms with Gasteiger partial charge in [0.1, 0.15) is 11.6 Å². The van der Waals surface area contributed by atoms with E-state index in [1.54, 1.807) is 0 Å². The lowest BCUT2D eigenvalue weighted by Gasteiger charge is -2.46. The van der Waals surface area contributed by atoms with Crippen molar-refractivity contribution in [2.24, 2.45) is 5.92 Å². The molecule has 1 aromatic heterocycles. The lowest BCUT2D eigenvalue weighted by atomic mass is 9.79. The zero-order valence-electron chi connectivity index (χ0n) is 22.1. The summed E-state index contributed by atoms with van der Waals surface area (Å²) in [5.74, 6) is -3.24. The van der Waals surface area contributed by atoms with Crippen molar-refractivity contribution < 1.29 is 48.7 Å². The fourth-order valence-electron chi connectivity index (χ4n) is 4.78. The molecule has 1 atom stereocenters. The number of rotatable bonds is 10. The Bertz CT molecular complexity index is 1430. The number of halogens is 7. The SMILES string of the molecule is CC(C)Cn1ccc(C2=CC(=O)N(S(=O)(=O)C3CC3)C(c3ccc(OCCCC(F)(F)F)cc3F)(C(F)(F)F)C2)n1. The van der Waals surface area contributed by atoms with Crippen LogP contribution >= 0.6 is 0 Å². The van der Waals surface area contributed by atoms with Crippen LogP contribution in [0.4, 0.5) is 30.7 Å². The van der Waals surface area contributed by atoms with Gasteiger partial charge in [-0.05, 0) is 49.0 Å². The molecule has 4 rings (SSSR count). The van der Waals surface area contributed by atoms with Gasteiger partial charge in [-0.1, -0.05) is 13.8 Å². The highest BCUT2D eigenvalue weighted by atomic mass is 32.2. The number of sulfonamides is 1. The van der Waals surface area contributed by atoms with Gasteiger partial charge in [0.05, 0.1) is 17.6 Å². The molecule has 15 heteroatoms. The van der Waals surface area contributed by atoms with Gasteiger partial charge in [-0.15, -0.1) is 0 Å². The van der Waals surface area contributed by atoms with Crippen LogP contribution in [0, 0.1) is 11.7 Å². The molecular formula is C26H28F7N3O4S. The minimum atomic E-state index is -5.49. The molecule has 0 N–H and O–H groups in total. The van der Waals surface area contributed by atoms with Crippen molar-refractivity contribution in [3.8, 4) is 5.75 Å². The molecule has 2 aromatic rings. The van der Waals surface area contributed by atoms with Crippen LogP contribution in [-0.4, -0.2) is 52.6 Å². The Balaban J connectivity index is 1.80. The van der Waals surface area contributed by atoms with Crippen LogP contribution in [0.3, 0.4) is 0 Å². The van der Waals surface area contributed by atoms with Crippen LogP contribution in [-0.2, 0) is 26.9 Å². The molecule has 1 unspecified atom stereocenters. The third kappa shape index (κ3) is 6.38. The number of amides is 1. The number of nitrogens with zero attached hydrogens (tertiary/aromatic N) is 3. The maximum Gasteiger partial charge on any atom is 0.417 e. The van der Waals surface area contributed by atoms with E-state index in [2.05, 4.69) is 5.10 Å². The lowest BCUT2D eigenvalue weighted by molar-refractivity contribution is -0.222. The van der Waals surface area contributed by atoms with Crippen molar-refractivity contribution in [1.82, 2.24) is 14.1 Å². The first-order valence-corrected chi connectivity index (χ1v) is 14.3. The standard InChI is InChI=1S/C26H28F7N3O4S/c1-16(2)15-35-10-8-22(34-35)17-12-23(37)36(41(38,39)19-5-6-19)24(14-17,26(31,32)33)20-7-4-18(13-21(20)27)40-11-3-9-25(28,29)30/h4,7-8,10,12-13,16,19H,3,5-6,9,11,14-15H2,1-2H3. The molecule has 0 saturated heterocycles. The zero-order valence-corrected chi connectivity index (χ0v) is 22.9. The number of carbonyl (C=O) groups excluding carboxylic acids is 1. The maximum absolute atomic E-state index is 15.6. The largest absolute Gasteiger partial charge is 0.493 e. The van der Waals surface area contributed by atoms with Crippen LogP contribution < -0.4 is 4.74 Å². The van der Waals surface area contributed by atoms with E-state index in [9.17, 15) is 26.4 Å². The third-order valence-corrected chi connectivity index (χ3v) is 9.06. The van der Waals surface area contributed by atoms with E-state index >= 15 is 17.6 Å². The Morgan fingerprint density at radius 1 is 1.12 bits per heavy atom. The number of hydrogen-bond acceptors (Lipinski definition) is 5. The smallest absolute Gasteiger partial charge is 0.417 e. The normalized spacial score (nSPS) is 20.5. The molecule has 1 fully saturated rings. The number of hydrogen-bond donors (Lipinski definition) is 0. The fraction of sp³-hybridized carbons (Fsp3) is 0.538. The summed E-state index contributed by atoms with van der Waals surface area (Å²) in [6.45, 7) is 3.72. The average Bonchev–Trinajstić information content (AvgIpc) is 3.60. The van der Waals surface area contributed by atoms with Crippen LogP contribution in [0.1, 0.15) is 57.2 Å². The van der Waals surface area contributed by atoms with Crippen LogP contribution in [0.2, 0.25) is 0 Å². The minimum absolute atomic E-state index is 0.00104. The van der Waals surface area contributed by atoms with Crippen molar-refractivity contribution in [3.05, 3.63) is 53.6 Å². The van der Waals surface area contributed by atoms with Crippen molar-refractivity contribution in [2.75, 3.05) is 6.61 Å². The van der Waals surface area contributed by atoms with Gasteiger partial charge >= 0.3 is 12.4 Å². The molecule has 226 valence electrons. The monoisotopic (exact) mass is 611 g/mol. The number of benzene rings is 1. The van der Waals surface area contributed by atoms with Crippen molar-refractivity contribution in [1.29, 1.82) is 0 Å². The highest BCUT2D eigenvalue weighted by Crippen LogP contribution is 2.55. The second-order valence-electron chi connectivity index (χ2n) is 10.6. The number of carbonyl (C=O) groups is 1. The van der Waals surface area contributed by atoms with E-state index in [-0.39, 0.29) is 40.1 Å². The van der Waals surface area contributed by atoms with E-state index < -0.39 is 76.3 Å². The Morgan fingerprint density at radius 3 is 2.37 bits per heavy atom. The molecule has 1 aromatic carbocycles. The van der Waals surface area contributed by atoms with Crippen molar-refractivity contribution in [2.45, 2.75) is 75.6 Å². The van der Waals surface area contributed by atoms with Crippen LogP contribution in [0.5, 0.6) is 5.75 Å². The zero-order chi connectivity index (χ0) is 30.4. The maximum atomic E-state index is 15.6. The number of ether oxygens (including phenoxy) is 1. The van der Waals surface area contributed by atoms with Gasteiger partial charge in [-0.25, -0.2) is 17.1 Å². The first kappa shape index (κ1) is 30.8. The van der Waals surface area contributed by atoms with Gasteiger partial charge in [0.15, 0.2) is 5.54 Å². The Kier molecular flexibility index (Phi) is 8.24. The Morgan fingerprint density at radius 2 is 1.80 bits per heavy atom. The molecule has 2 heterocycles. The van der Waals surface area contributed by atoms with Crippen LogP contribution in [0.15, 0.2) is 36.5 Å². The van der Waals surface area contributed by atoms with Gasteiger partial charge in [-0.3, -0.25) is 9.48 Å². The first-order valence-electron chi connectivity index (χ1n) is 12.8. The minimum Gasteiger partial charge on any atom is -0.493 e. The second kappa shape index (κ2) is 11.0. The summed E-state index contributed by atoms with van der Waals surface area (Å²) in [5, 5.41) is 3.02.